The van der Waals surface area contributed by atoms with Crippen molar-refractivity contribution in [1.82, 2.24) is 4.90 Å². The Hall–Kier alpha value is -2.04. The molecule has 0 aromatic heterocycles. The quantitative estimate of drug-likeness (QED) is 0.931. The van der Waals surface area contributed by atoms with Crippen LogP contribution in [0, 0.1) is 5.92 Å². The molecular weight excluding hydrogens is 280 g/mol. The van der Waals surface area contributed by atoms with Gasteiger partial charge in [0, 0.05) is 25.2 Å². The second-order valence-corrected chi connectivity index (χ2v) is 6.61. The van der Waals surface area contributed by atoms with E-state index in [0.29, 0.717) is 31.8 Å². The number of ether oxygens (including phenoxy) is 1. The fraction of sp³-hybridized carbons (Fsp3) is 0.529. The molecule has 5 nitrogen and oxygen atoms in total. The van der Waals surface area contributed by atoms with E-state index in [2.05, 4.69) is 5.32 Å². The fourth-order valence-electron chi connectivity index (χ4n) is 3.43. The van der Waals surface area contributed by atoms with Gasteiger partial charge in [0.05, 0.1) is 12.5 Å². The lowest BCUT2D eigenvalue weighted by molar-refractivity contribution is -0.131. The van der Waals surface area contributed by atoms with Gasteiger partial charge in [-0.05, 0) is 36.1 Å². The molecule has 22 heavy (non-hydrogen) atoms. The molecule has 5 heteroatoms. The molecule has 0 saturated carbocycles. The van der Waals surface area contributed by atoms with E-state index in [1.54, 1.807) is 7.11 Å². The zero-order valence-electron chi connectivity index (χ0n) is 13.3. The van der Waals surface area contributed by atoms with E-state index in [4.69, 9.17) is 4.74 Å². The summed E-state index contributed by atoms with van der Waals surface area (Å²) < 4.78 is 5.28. The van der Waals surface area contributed by atoms with Gasteiger partial charge in [-0.15, -0.1) is 0 Å². The lowest BCUT2D eigenvalue weighted by Gasteiger charge is -2.23. The van der Waals surface area contributed by atoms with Crippen molar-refractivity contribution in [3.63, 3.8) is 0 Å². The number of anilines is 1. The normalized spacial score (nSPS) is 23.1. The Morgan fingerprint density at radius 2 is 2.23 bits per heavy atom. The first-order valence-electron chi connectivity index (χ1n) is 7.74. The summed E-state index contributed by atoms with van der Waals surface area (Å²) in [6, 6.07) is 5.64. The van der Waals surface area contributed by atoms with Crippen LogP contribution in [0.25, 0.3) is 0 Å². The molecule has 2 heterocycles. The van der Waals surface area contributed by atoms with Gasteiger partial charge in [-0.2, -0.15) is 0 Å². The number of fused-ring (bicyclic) bond motifs is 2. The number of hydrogen-bond acceptors (Lipinski definition) is 3. The monoisotopic (exact) mass is 302 g/mol. The third-order valence-electron chi connectivity index (χ3n) is 4.63. The maximum atomic E-state index is 12.6. The van der Waals surface area contributed by atoms with E-state index in [-0.39, 0.29) is 11.8 Å². The summed E-state index contributed by atoms with van der Waals surface area (Å²) in [7, 11) is 1.62. The van der Waals surface area contributed by atoms with Crippen molar-refractivity contribution >= 4 is 17.5 Å². The maximum absolute atomic E-state index is 12.6. The number of benzene rings is 1. The molecule has 2 amide bonds. The molecule has 2 aliphatic heterocycles. The number of nitrogens with one attached hydrogen (secondary N) is 1. The topological polar surface area (TPSA) is 58.6 Å². The average Bonchev–Trinajstić information content (AvgIpc) is 3.03. The highest BCUT2D eigenvalue weighted by molar-refractivity contribution is 6.07. The summed E-state index contributed by atoms with van der Waals surface area (Å²) in [5.74, 6) is 1.20. The van der Waals surface area contributed by atoms with Crippen LogP contribution in [-0.4, -0.2) is 36.9 Å². The first kappa shape index (κ1) is 14.9. The summed E-state index contributed by atoms with van der Waals surface area (Å²) in [5.41, 5.74) is 1.18. The maximum Gasteiger partial charge on any atom is 0.237 e. The van der Waals surface area contributed by atoms with Crippen LogP contribution in [0.5, 0.6) is 5.75 Å². The van der Waals surface area contributed by atoms with E-state index >= 15 is 0 Å². The number of amides is 2. The van der Waals surface area contributed by atoms with Crippen LogP contribution >= 0.6 is 0 Å². The highest BCUT2D eigenvalue weighted by atomic mass is 16.5. The molecule has 0 bridgehead atoms. The van der Waals surface area contributed by atoms with Crippen LogP contribution in [0.3, 0.4) is 0 Å². The number of carbonyl (C=O) groups excluding carboxylic acids is 2. The minimum absolute atomic E-state index is 0.00407. The first-order valence-corrected chi connectivity index (χ1v) is 7.74. The molecule has 1 saturated heterocycles. The van der Waals surface area contributed by atoms with Crippen molar-refractivity contribution in [2.24, 2.45) is 5.92 Å². The van der Waals surface area contributed by atoms with Crippen molar-refractivity contribution in [3.8, 4) is 5.75 Å². The van der Waals surface area contributed by atoms with Gasteiger partial charge >= 0.3 is 0 Å². The lowest BCUT2D eigenvalue weighted by atomic mass is 9.81. The Kier molecular flexibility index (Phi) is 3.59. The van der Waals surface area contributed by atoms with Gasteiger partial charge in [0.25, 0.3) is 0 Å². The van der Waals surface area contributed by atoms with E-state index in [9.17, 15) is 9.59 Å². The number of likely N-dealkylation sites (tertiary alicyclic amines) is 1. The zero-order valence-corrected chi connectivity index (χ0v) is 13.3. The predicted octanol–water partition coefficient (Wildman–Crippen LogP) is 2.16. The zero-order chi connectivity index (χ0) is 15.9. The molecule has 1 spiro atoms. The van der Waals surface area contributed by atoms with E-state index in [1.165, 1.54) is 0 Å². The molecule has 1 aromatic rings. The molecule has 0 aliphatic carbocycles. The van der Waals surface area contributed by atoms with Gasteiger partial charge in [-0.25, -0.2) is 0 Å². The largest absolute Gasteiger partial charge is 0.497 e. The smallest absolute Gasteiger partial charge is 0.237 e. The summed E-state index contributed by atoms with van der Waals surface area (Å²) in [4.78, 5) is 26.7. The van der Waals surface area contributed by atoms with Gasteiger partial charge < -0.3 is 15.0 Å². The van der Waals surface area contributed by atoms with Crippen LogP contribution in [0.15, 0.2) is 18.2 Å². The van der Waals surface area contributed by atoms with E-state index in [0.717, 1.165) is 17.0 Å². The Bertz CT molecular complexity index is 626. The van der Waals surface area contributed by atoms with Crippen molar-refractivity contribution < 1.29 is 14.3 Å². The second kappa shape index (κ2) is 5.30. The number of nitrogens with zero attached hydrogens (tertiary/aromatic N) is 1. The van der Waals surface area contributed by atoms with Crippen molar-refractivity contribution in [2.45, 2.75) is 32.1 Å². The van der Waals surface area contributed by atoms with Crippen LogP contribution in [-0.2, 0) is 15.0 Å². The predicted molar refractivity (Wildman–Crippen MR) is 84.0 cm³/mol. The number of methoxy groups -OCH3 is 1. The van der Waals surface area contributed by atoms with Gasteiger partial charge in [-0.1, -0.05) is 13.8 Å². The molecular formula is C17H22N2O3. The minimum Gasteiger partial charge on any atom is -0.497 e. The van der Waals surface area contributed by atoms with E-state index in [1.807, 2.05) is 36.9 Å². The number of rotatable bonds is 3. The second-order valence-electron chi connectivity index (χ2n) is 6.61. The third-order valence-corrected chi connectivity index (χ3v) is 4.63. The molecule has 1 N–H and O–H groups in total. The van der Waals surface area contributed by atoms with Gasteiger partial charge in [-0.3, -0.25) is 9.59 Å². The lowest BCUT2D eigenvalue weighted by Crippen LogP contribution is -2.39. The Morgan fingerprint density at radius 3 is 2.91 bits per heavy atom. The number of carbonyl (C=O) groups is 2. The Morgan fingerprint density at radius 1 is 1.45 bits per heavy atom. The van der Waals surface area contributed by atoms with Crippen LogP contribution in [0.1, 0.15) is 32.3 Å². The van der Waals surface area contributed by atoms with Gasteiger partial charge in [0.2, 0.25) is 11.8 Å². The first-order chi connectivity index (χ1) is 10.5. The standard InChI is InChI=1S/C17H22N2O3/c1-11(2)8-15(20)19-7-6-17(10-19)13-9-12(22-3)4-5-14(13)18-16(17)21/h4-5,9,11H,6-8,10H2,1-3H3,(H,18,21)/t17-/m1/s1. The van der Waals surface area contributed by atoms with Crippen molar-refractivity contribution in [3.05, 3.63) is 23.8 Å². The minimum atomic E-state index is -0.615. The Balaban J connectivity index is 1.89. The highest BCUT2D eigenvalue weighted by Gasteiger charge is 2.52. The molecule has 118 valence electrons. The highest BCUT2D eigenvalue weighted by Crippen LogP contribution is 2.45. The molecule has 1 atom stereocenters. The molecule has 0 unspecified atom stereocenters. The van der Waals surface area contributed by atoms with Crippen LogP contribution in [0.4, 0.5) is 5.69 Å². The average molecular weight is 302 g/mol. The van der Waals surface area contributed by atoms with Crippen LogP contribution in [0.2, 0.25) is 0 Å². The SMILES string of the molecule is COc1ccc2c(c1)[C@]1(CCN(C(=O)CC(C)C)C1)C(=O)N2. The van der Waals surface area contributed by atoms with Crippen LogP contribution < -0.4 is 10.1 Å². The fourth-order valence-corrected chi connectivity index (χ4v) is 3.43. The van der Waals surface area contributed by atoms with E-state index < -0.39 is 5.41 Å². The summed E-state index contributed by atoms with van der Waals surface area (Å²) in [6.45, 7) is 5.17. The Labute approximate surface area is 130 Å². The molecule has 1 aromatic carbocycles. The molecule has 1 fully saturated rings. The summed E-state index contributed by atoms with van der Waals surface area (Å²) >= 11 is 0. The summed E-state index contributed by atoms with van der Waals surface area (Å²) in [5, 5.41) is 2.95. The third kappa shape index (κ3) is 2.25. The van der Waals surface area contributed by atoms with Crippen molar-refractivity contribution in [1.29, 1.82) is 0 Å². The molecule has 2 aliphatic rings. The molecule has 3 rings (SSSR count). The summed E-state index contributed by atoms with van der Waals surface area (Å²) in [6.07, 6.45) is 1.20. The van der Waals surface area contributed by atoms with Gasteiger partial charge in [0.15, 0.2) is 0 Å². The molecule has 0 radical (unpaired) electrons. The van der Waals surface area contributed by atoms with Gasteiger partial charge in [0.1, 0.15) is 5.75 Å². The van der Waals surface area contributed by atoms with Crippen molar-refractivity contribution in [2.75, 3.05) is 25.5 Å². The number of hydrogen-bond donors (Lipinski definition) is 1.